The standard InChI is InChI=1S/C39H30N2/c1-26-24-25-35-33-20-9-8-18-31(33)29-16-6-7-17-30(29)32-19-10-11-21-34(32)38(35)39(26)41-27(2)40(28-14-4-3-5-15-28)36-22-12-13-23-37(36)41/h3-25,27H,1-2H3/t27-/m0/s1. The highest BCUT2D eigenvalue weighted by Crippen LogP contribution is 2.55. The molecule has 1 aliphatic heterocycles. The van der Waals surface area contributed by atoms with Gasteiger partial charge in [-0.3, -0.25) is 0 Å². The van der Waals surface area contributed by atoms with Crippen LogP contribution < -0.4 is 9.80 Å². The Hall–Kier alpha value is -5.08. The fourth-order valence-electron chi connectivity index (χ4n) is 6.98. The minimum Gasteiger partial charge on any atom is -0.319 e. The molecule has 0 unspecified atom stereocenters. The van der Waals surface area contributed by atoms with Crippen molar-refractivity contribution in [2.75, 3.05) is 9.80 Å². The largest absolute Gasteiger partial charge is 0.319 e. The number of nitrogens with zero attached hydrogens (tertiary/aromatic N) is 2. The van der Waals surface area contributed by atoms with E-state index in [2.05, 4.69) is 163 Å². The predicted molar refractivity (Wildman–Crippen MR) is 173 cm³/mol. The van der Waals surface area contributed by atoms with Gasteiger partial charge in [-0.2, -0.15) is 0 Å². The van der Waals surface area contributed by atoms with Crippen molar-refractivity contribution in [2.24, 2.45) is 0 Å². The molecule has 1 atom stereocenters. The Morgan fingerprint density at radius 1 is 0.415 bits per heavy atom. The van der Waals surface area contributed by atoms with Crippen LogP contribution in [0.15, 0.2) is 140 Å². The van der Waals surface area contributed by atoms with Crippen molar-refractivity contribution < 1.29 is 0 Å². The Kier molecular flexibility index (Phi) is 5.36. The molecule has 2 aliphatic rings. The molecular weight excluding hydrogens is 496 g/mol. The minimum absolute atomic E-state index is 0.0835. The van der Waals surface area contributed by atoms with Crippen molar-refractivity contribution in [1.82, 2.24) is 0 Å². The Morgan fingerprint density at radius 2 is 0.854 bits per heavy atom. The van der Waals surface area contributed by atoms with E-state index in [0.717, 1.165) is 0 Å². The molecule has 2 heteroatoms. The zero-order valence-electron chi connectivity index (χ0n) is 23.3. The highest BCUT2D eigenvalue weighted by Gasteiger charge is 2.37. The number of benzene rings is 6. The first kappa shape index (κ1) is 23.8. The SMILES string of the molecule is Cc1ccc2c(c1N1c3ccccc3N(c3ccccc3)[C@@H]1C)-c1ccccc1-c1ccccc1-c1ccccc1-2. The minimum atomic E-state index is 0.0835. The van der Waals surface area contributed by atoms with Gasteiger partial charge >= 0.3 is 0 Å². The molecule has 8 rings (SSSR count). The summed E-state index contributed by atoms with van der Waals surface area (Å²) in [6, 6.07) is 50.9. The van der Waals surface area contributed by atoms with Gasteiger partial charge in [-0.05, 0) is 82.6 Å². The molecule has 1 heterocycles. The highest BCUT2D eigenvalue weighted by atomic mass is 15.4. The Labute approximate surface area is 241 Å². The van der Waals surface area contributed by atoms with Gasteiger partial charge in [0.05, 0.1) is 17.1 Å². The van der Waals surface area contributed by atoms with E-state index >= 15 is 0 Å². The number of fused-ring (bicyclic) bond motifs is 9. The van der Waals surface area contributed by atoms with Crippen LogP contribution in [0.4, 0.5) is 22.7 Å². The van der Waals surface area contributed by atoms with E-state index in [1.807, 2.05) is 0 Å². The average Bonchev–Trinajstić information content (AvgIpc) is 3.32. The zero-order chi connectivity index (χ0) is 27.5. The number of aryl methyl sites for hydroxylation is 1. The average molecular weight is 527 g/mol. The molecule has 41 heavy (non-hydrogen) atoms. The number of rotatable bonds is 2. The molecule has 0 aromatic heterocycles. The third kappa shape index (κ3) is 3.50. The fraction of sp³-hybridized carbons (Fsp3) is 0.0769. The van der Waals surface area contributed by atoms with Gasteiger partial charge in [-0.1, -0.05) is 115 Å². The third-order valence-electron chi connectivity index (χ3n) is 8.72. The van der Waals surface area contributed by atoms with E-state index in [0.29, 0.717) is 0 Å². The van der Waals surface area contributed by atoms with Crippen LogP contribution in [-0.4, -0.2) is 6.17 Å². The van der Waals surface area contributed by atoms with Gasteiger partial charge in [0.1, 0.15) is 6.17 Å². The van der Waals surface area contributed by atoms with E-state index in [9.17, 15) is 0 Å². The maximum absolute atomic E-state index is 2.56. The van der Waals surface area contributed by atoms with Crippen molar-refractivity contribution in [2.45, 2.75) is 20.0 Å². The smallest absolute Gasteiger partial charge is 0.108 e. The van der Waals surface area contributed by atoms with Crippen molar-refractivity contribution >= 4 is 22.7 Å². The van der Waals surface area contributed by atoms with Crippen LogP contribution in [0.2, 0.25) is 0 Å². The second-order valence-corrected chi connectivity index (χ2v) is 11.0. The lowest BCUT2D eigenvalue weighted by atomic mass is 9.79. The summed E-state index contributed by atoms with van der Waals surface area (Å²) in [6.45, 7) is 4.58. The maximum Gasteiger partial charge on any atom is 0.108 e. The molecule has 0 fully saturated rings. The van der Waals surface area contributed by atoms with Crippen molar-refractivity contribution in [3.05, 3.63) is 145 Å². The van der Waals surface area contributed by atoms with Crippen LogP contribution in [0.5, 0.6) is 0 Å². The molecule has 6 aromatic rings. The summed E-state index contributed by atoms with van der Waals surface area (Å²) in [4.78, 5) is 5.02. The zero-order valence-corrected chi connectivity index (χ0v) is 23.3. The summed E-state index contributed by atoms with van der Waals surface area (Å²) in [5.41, 5.74) is 16.4. The number of hydrogen-bond donors (Lipinski definition) is 0. The van der Waals surface area contributed by atoms with E-state index in [1.54, 1.807) is 0 Å². The van der Waals surface area contributed by atoms with Crippen LogP contribution in [0, 0.1) is 6.92 Å². The molecule has 0 saturated carbocycles. The Morgan fingerprint density at radius 3 is 1.44 bits per heavy atom. The first-order valence-corrected chi connectivity index (χ1v) is 14.4. The van der Waals surface area contributed by atoms with Crippen LogP contribution in [0.1, 0.15) is 12.5 Å². The van der Waals surface area contributed by atoms with Crippen LogP contribution in [-0.2, 0) is 0 Å². The van der Waals surface area contributed by atoms with Gasteiger partial charge < -0.3 is 9.80 Å². The number of anilines is 4. The quantitative estimate of drug-likeness (QED) is 0.221. The lowest BCUT2D eigenvalue weighted by molar-refractivity contribution is 0.760. The van der Waals surface area contributed by atoms with Gasteiger partial charge in [0.15, 0.2) is 0 Å². The van der Waals surface area contributed by atoms with Crippen molar-refractivity contribution in [3.63, 3.8) is 0 Å². The topological polar surface area (TPSA) is 6.48 Å². The van der Waals surface area contributed by atoms with E-state index < -0.39 is 0 Å². The second-order valence-electron chi connectivity index (χ2n) is 11.0. The third-order valence-corrected chi connectivity index (χ3v) is 8.72. The lowest BCUT2D eigenvalue weighted by Crippen LogP contribution is -2.36. The lowest BCUT2D eigenvalue weighted by Gasteiger charge is -2.34. The Balaban J connectivity index is 1.47. The maximum atomic E-state index is 2.56. The molecule has 1 aliphatic carbocycles. The molecule has 6 aromatic carbocycles. The second kappa shape index (κ2) is 9.25. The highest BCUT2D eigenvalue weighted by molar-refractivity contribution is 6.08. The molecule has 0 spiro atoms. The summed E-state index contributed by atoms with van der Waals surface area (Å²) in [5, 5.41) is 0. The fourth-order valence-corrected chi connectivity index (χ4v) is 6.98. The molecule has 2 nitrogen and oxygen atoms in total. The van der Waals surface area contributed by atoms with Gasteiger partial charge in [0.2, 0.25) is 0 Å². The van der Waals surface area contributed by atoms with Crippen LogP contribution in [0.3, 0.4) is 0 Å². The molecule has 196 valence electrons. The van der Waals surface area contributed by atoms with Gasteiger partial charge in [0, 0.05) is 11.3 Å². The van der Waals surface area contributed by atoms with Gasteiger partial charge in [0.25, 0.3) is 0 Å². The molecule has 0 bridgehead atoms. The first-order valence-electron chi connectivity index (χ1n) is 14.4. The summed E-state index contributed by atoms with van der Waals surface area (Å²) in [7, 11) is 0. The summed E-state index contributed by atoms with van der Waals surface area (Å²) in [5.74, 6) is 0. The summed E-state index contributed by atoms with van der Waals surface area (Å²) >= 11 is 0. The summed E-state index contributed by atoms with van der Waals surface area (Å²) in [6.07, 6.45) is 0.0835. The predicted octanol–water partition coefficient (Wildman–Crippen LogP) is 10.6. The van der Waals surface area contributed by atoms with Gasteiger partial charge in [-0.15, -0.1) is 0 Å². The van der Waals surface area contributed by atoms with E-state index in [4.69, 9.17) is 0 Å². The first-order chi connectivity index (χ1) is 20.2. The van der Waals surface area contributed by atoms with Crippen molar-refractivity contribution in [1.29, 1.82) is 0 Å². The van der Waals surface area contributed by atoms with Crippen LogP contribution >= 0.6 is 0 Å². The van der Waals surface area contributed by atoms with Gasteiger partial charge in [-0.25, -0.2) is 0 Å². The molecule has 0 saturated heterocycles. The Bertz CT molecular complexity index is 1930. The molecule has 0 radical (unpaired) electrons. The molecule has 0 N–H and O–H groups in total. The van der Waals surface area contributed by atoms with E-state index in [1.165, 1.54) is 72.8 Å². The van der Waals surface area contributed by atoms with E-state index in [-0.39, 0.29) is 6.17 Å². The molecule has 0 amide bonds. The normalized spacial score (nSPS) is 14.7. The number of hydrogen-bond acceptors (Lipinski definition) is 2. The van der Waals surface area contributed by atoms with Crippen LogP contribution in [0.25, 0.3) is 44.5 Å². The summed E-state index contributed by atoms with van der Waals surface area (Å²) < 4.78 is 0. The van der Waals surface area contributed by atoms with Crippen molar-refractivity contribution in [3.8, 4) is 44.5 Å². The number of para-hydroxylation sites is 3. The monoisotopic (exact) mass is 526 g/mol. The molecular formula is C39H30N2.